The molecule has 0 atom stereocenters. The van der Waals surface area contributed by atoms with Gasteiger partial charge in [-0.2, -0.15) is 0 Å². The highest BCUT2D eigenvalue weighted by molar-refractivity contribution is 5.76. The second-order valence-corrected chi connectivity index (χ2v) is 6.03. The van der Waals surface area contributed by atoms with Crippen LogP contribution < -0.4 is 5.32 Å². The third kappa shape index (κ3) is 5.78. The number of methoxy groups -OCH3 is 1. The SMILES string of the molecule is COCCN(Cc1ccccc1)C(=O)CCC1CCNCC1. The van der Waals surface area contributed by atoms with Crippen molar-refractivity contribution in [3.05, 3.63) is 35.9 Å². The average molecular weight is 304 g/mol. The molecule has 1 saturated heterocycles. The maximum atomic E-state index is 12.6. The van der Waals surface area contributed by atoms with Gasteiger partial charge < -0.3 is 15.0 Å². The van der Waals surface area contributed by atoms with Crippen LogP contribution in [0, 0.1) is 5.92 Å². The van der Waals surface area contributed by atoms with E-state index in [1.807, 2.05) is 23.1 Å². The van der Waals surface area contributed by atoms with Crippen LogP contribution >= 0.6 is 0 Å². The van der Waals surface area contributed by atoms with Crippen molar-refractivity contribution in [1.82, 2.24) is 10.2 Å². The van der Waals surface area contributed by atoms with E-state index in [9.17, 15) is 4.79 Å². The minimum Gasteiger partial charge on any atom is -0.383 e. The Hall–Kier alpha value is -1.39. The molecule has 0 unspecified atom stereocenters. The summed E-state index contributed by atoms with van der Waals surface area (Å²) < 4.78 is 5.15. The first-order valence-corrected chi connectivity index (χ1v) is 8.31. The number of hydrogen-bond donors (Lipinski definition) is 1. The first kappa shape index (κ1) is 17.0. The predicted molar refractivity (Wildman–Crippen MR) is 88.6 cm³/mol. The van der Waals surface area contributed by atoms with Gasteiger partial charge >= 0.3 is 0 Å². The summed E-state index contributed by atoms with van der Waals surface area (Å²) in [5.74, 6) is 0.950. The summed E-state index contributed by atoms with van der Waals surface area (Å²) in [6.45, 7) is 4.12. The number of nitrogens with zero attached hydrogens (tertiary/aromatic N) is 1. The van der Waals surface area contributed by atoms with Crippen molar-refractivity contribution in [1.29, 1.82) is 0 Å². The smallest absolute Gasteiger partial charge is 0.222 e. The van der Waals surface area contributed by atoms with Crippen LogP contribution in [0.2, 0.25) is 0 Å². The number of benzene rings is 1. The summed E-state index contributed by atoms with van der Waals surface area (Å²) >= 11 is 0. The Labute approximate surface area is 133 Å². The second kappa shape index (κ2) is 9.59. The Kier molecular flexibility index (Phi) is 7.40. The normalized spacial score (nSPS) is 15.7. The molecule has 1 fully saturated rings. The lowest BCUT2D eigenvalue weighted by Crippen LogP contribution is -2.34. The van der Waals surface area contributed by atoms with Crippen LogP contribution in [-0.2, 0) is 16.1 Å². The molecule has 2 rings (SSSR count). The topological polar surface area (TPSA) is 41.6 Å². The van der Waals surface area contributed by atoms with Gasteiger partial charge in [0.1, 0.15) is 0 Å². The van der Waals surface area contributed by atoms with E-state index in [2.05, 4.69) is 17.4 Å². The zero-order valence-electron chi connectivity index (χ0n) is 13.6. The van der Waals surface area contributed by atoms with Crippen molar-refractivity contribution < 1.29 is 9.53 Å². The van der Waals surface area contributed by atoms with E-state index in [1.54, 1.807) is 7.11 Å². The lowest BCUT2D eigenvalue weighted by molar-refractivity contribution is -0.132. The van der Waals surface area contributed by atoms with Gasteiger partial charge in [0.05, 0.1) is 6.61 Å². The molecule has 0 spiro atoms. The Morgan fingerprint density at radius 2 is 2.00 bits per heavy atom. The number of rotatable bonds is 8. The summed E-state index contributed by atoms with van der Waals surface area (Å²) in [6.07, 6.45) is 4.06. The zero-order valence-corrected chi connectivity index (χ0v) is 13.6. The van der Waals surface area contributed by atoms with Crippen LogP contribution in [0.1, 0.15) is 31.2 Å². The van der Waals surface area contributed by atoms with E-state index in [0.717, 1.165) is 19.5 Å². The summed E-state index contributed by atoms with van der Waals surface area (Å²) in [4.78, 5) is 14.5. The fourth-order valence-electron chi connectivity index (χ4n) is 2.95. The highest BCUT2D eigenvalue weighted by Gasteiger charge is 2.18. The summed E-state index contributed by atoms with van der Waals surface area (Å²) in [5.41, 5.74) is 1.17. The largest absolute Gasteiger partial charge is 0.383 e. The Balaban J connectivity index is 1.84. The minimum absolute atomic E-state index is 0.249. The van der Waals surface area contributed by atoms with E-state index < -0.39 is 0 Å². The number of nitrogens with one attached hydrogen (secondary N) is 1. The van der Waals surface area contributed by atoms with E-state index in [4.69, 9.17) is 4.74 Å². The maximum absolute atomic E-state index is 12.6. The van der Waals surface area contributed by atoms with Crippen LogP contribution in [0.4, 0.5) is 0 Å². The molecule has 1 aliphatic heterocycles. The summed E-state index contributed by atoms with van der Waals surface area (Å²) in [7, 11) is 1.68. The molecule has 122 valence electrons. The van der Waals surface area contributed by atoms with Crippen molar-refractivity contribution in [2.45, 2.75) is 32.2 Å². The van der Waals surface area contributed by atoms with Gasteiger partial charge in [-0.3, -0.25) is 4.79 Å². The highest BCUT2D eigenvalue weighted by atomic mass is 16.5. The van der Waals surface area contributed by atoms with E-state index in [0.29, 0.717) is 32.0 Å². The van der Waals surface area contributed by atoms with Gasteiger partial charge in [0.15, 0.2) is 0 Å². The second-order valence-electron chi connectivity index (χ2n) is 6.03. The lowest BCUT2D eigenvalue weighted by atomic mass is 9.93. The number of hydrogen-bond acceptors (Lipinski definition) is 3. The van der Waals surface area contributed by atoms with Gasteiger partial charge in [-0.1, -0.05) is 30.3 Å². The molecule has 0 aliphatic carbocycles. The molecular formula is C18H28N2O2. The van der Waals surface area contributed by atoms with E-state index in [-0.39, 0.29) is 5.91 Å². The molecule has 0 bridgehead atoms. The standard InChI is InChI=1S/C18H28N2O2/c1-22-14-13-20(15-17-5-3-2-4-6-17)18(21)8-7-16-9-11-19-12-10-16/h2-6,16,19H,7-15H2,1H3. The molecule has 1 heterocycles. The lowest BCUT2D eigenvalue weighted by Gasteiger charge is -2.25. The van der Waals surface area contributed by atoms with Crippen LogP contribution in [0.3, 0.4) is 0 Å². The first-order valence-electron chi connectivity index (χ1n) is 8.31. The molecule has 4 heteroatoms. The van der Waals surface area contributed by atoms with Crippen molar-refractivity contribution in [3.63, 3.8) is 0 Å². The van der Waals surface area contributed by atoms with Crippen molar-refractivity contribution >= 4 is 5.91 Å². The molecule has 4 nitrogen and oxygen atoms in total. The van der Waals surface area contributed by atoms with Crippen molar-refractivity contribution in [3.8, 4) is 0 Å². The molecule has 0 radical (unpaired) electrons. The number of carbonyl (C=O) groups excluding carboxylic acids is 1. The monoisotopic (exact) mass is 304 g/mol. The fraction of sp³-hybridized carbons (Fsp3) is 0.611. The first-order chi connectivity index (χ1) is 10.8. The van der Waals surface area contributed by atoms with Crippen LogP contribution in [0.15, 0.2) is 30.3 Å². The fourth-order valence-corrected chi connectivity index (χ4v) is 2.95. The molecule has 1 aromatic carbocycles. The minimum atomic E-state index is 0.249. The molecular weight excluding hydrogens is 276 g/mol. The number of piperidine rings is 1. The zero-order chi connectivity index (χ0) is 15.6. The maximum Gasteiger partial charge on any atom is 0.222 e. The number of ether oxygens (including phenoxy) is 1. The van der Waals surface area contributed by atoms with Crippen LogP contribution in [-0.4, -0.2) is 44.2 Å². The molecule has 1 N–H and O–H groups in total. The molecule has 0 aromatic heterocycles. The molecule has 1 aliphatic rings. The van der Waals surface area contributed by atoms with Gasteiger partial charge in [-0.15, -0.1) is 0 Å². The Morgan fingerprint density at radius 3 is 2.68 bits per heavy atom. The van der Waals surface area contributed by atoms with Crippen LogP contribution in [0.25, 0.3) is 0 Å². The number of carbonyl (C=O) groups is 1. The van der Waals surface area contributed by atoms with Gasteiger partial charge in [0, 0.05) is 26.6 Å². The van der Waals surface area contributed by atoms with Gasteiger partial charge in [-0.25, -0.2) is 0 Å². The third-order valence-electron chi connectivity index (χ3n) is 4.36. The van der Waals surface area contributed by atoms with Crippen molar-refractivity contribution in [2.24, 2.45) is 5.92 Å². The van der Waals surface area contributed by atoms with Gasteiger partial charge in [0.25, 0.3) is 0 Å². The van der Waals surface area contributed by atoms with E-state index in [1.165, 1.54) is 18.4 Å². The molecule has 1 amide bonds. The van der Waals surface area contributed by atoms with Crippen molar-refractivity contribution in [2.75, 3.05) is 33.4 Å². The molecule has 0 saturated carbocycles. The van der Waals surface area contributed by atoms with Crippen LogP contribution in [0.5, 0.6) is 0 Å². The highest BCUT2D eigenvalue weighted by Crippen LogP contribution is 2.19. The van der Waals surface area contributed by atoms with Gasteiger partial charge in [0.2, 0.25) is 5.91 Å². The Bertz CT molecular complexity index is 430. The molecule has 1 aromatic rings. The van der Waals surface area contributed by atoms with E-state index >= 15 is 0 Å². The average Bonchev–Trinajstić information content (AvgIpc) is 2.58. The quantitative estimate of drug-likeness (QED) is 0.802. The number of amides is 1. The predicted octanol–water partition coefficient (Wildman–Crippen LogP) is 2.44. The summed E-state index contributed by atoms with van der Waals surface area (Å²) in [5, 5.41) is 3.37. The third-order valence-corrected chi connectivity index (χ3v) is 4.36. The van der Waals surface area contributed by atoms with Gasteiger partial charge in [-0.05, 0) is 43.8 Å². The molecule has 22 heavy (non-hydrogen) atoms. The summed E-state index contributed by atoms with van der Waals surface area (Å²) in [6, 6.07) is 10.2. The Morgan fingerprint density at radius 1 is 1.27 bits per heavy atom.